The van der Waals surface area contributed by atoms with E-state index in [0.717, 1.165) is 11.3 Å². The summed E-state index contributed by atoms with van der Waals surface area (Å²) in [6.45, 7) is 12.7. The predicted molar refractivity (Wildman–Crippen MR) is 75.8 cm³/mol. The maximum absolute atomic E-state index is 3.46. The molecule has 0 radical (unpaired) electrons. The van der Waals surface area contributed by atoms with E-state index < -0.39 is 0 Å². The Kier molecular flexibility index (Phi) is 3.92. The SMILES string of the molecule is CCN1CCN(CC2CCC3(CC2)CNC3)CC1. The van der Waals surface area contributed by atoms with E-state index in [9.17, 15) is 0 Å². The average molecular weight is 251 g/mol. The normalized spacial score (nSPS) is 30.5. The van der Waals surface area contributed by atoms with Gasteiger partial charge in [0.05, 0.1) is 0 Å². The summed E-state index contributed by atoms with van der Waals surface area (Å²) in [6.07, 6.45) is 5.94. The number of nitrogens with zero attached hydrogens (tertiary/aromatic N) is 2. The highest BCUT2D eigenvalue weighted by Crippen LogP contribution is 2.41. The monoisotopic (exact) mass is 251 g/mol. The summed E-state index contributed by atoms with van der Waals surface area (Å²) < 4.78 is 0. The van der Waals surface area contributed by atoms with Crippen LogP contribution in [-0.2, 0) is 0 Å². The van der Waals surface area contributed by atoms with Crippen LogP contribution in [0.1, 0.15) is 32.6 Å². The van der Waals surface area contributed by atoms with Crippen LogP contribution in [0.2, 0.25) is 0 Å². The molecule has 2 aliphatic heterocycles. The van der Waals surface area contributed by atoms with Gasteiger partial charge in [-0.2, -0.15) is 0 Å². The number of piperazine rings is 1. The van der Waals surface area contributed by atoms with Crippen molar-refractivity contribution in [2.45, 2.75) is 32.6 Å². The highest BCUT2D eigenvalue weighted by atomic mass is 15.3. The molecular weight excluding hydrogens is 222 g/mol. The number of hydrogen-bond donors (Lipinski definition) is 1. The van der Waals surface area contributed by atoms with Gasteiger partial charge in [-0.25, -0.2) is 0 Å². The molecule has 3 fully saturated rings. The van der Waals surface area contributed by atoms with Gasteiger partial charge in [-0.05, 0) is 43.6 Å². The molecule has 0 aromatic carbocycles. The summed E-state index contributed by atoms with van der Waals surface area (Å²) in [5, 5.41) is 3.46. The van der Waals surface area contributed by atoms with Crippen LogP contribution in [0.4, 0.5) is 0 Å². The van der Waals surface area contributed by atoms with Crippen LogP contribution in [0.5, 0.6) is 0 Å². The first kappa shape index (κ1) is 12.9. The van der Waals surface area contributed by atoms with Gasteiger partial charge >= 0.3 is 0 Å². The molecule has 2 saturated heterocycles. The van der Waals surface area contributed by atoms with Crippen molar-refractivity contribution in [1.29, 1.82) is 0 Å². The Morgan fingerprint density at radius 1 is 1.00 bits per heavy atom. The largest absolute Gasteiger partial charge is 0.316 e. The lowest BCUT2D eigenvalue weighted by Gasteiger charge is -2.48. The summed E-state index contributed by atoms with van der Waals surface area (Å²) >= 11 is 0. The molecule has 1 N–H and O–H groups in total. The van der Waals surface area contributed by atoms with E-state index in [1.165, 1.54) is 78.0 Å². The minimum Gasteiger partial charge on any atom is -0.316 e. The van der Waals surface area contributed by atoms with Crippen LogP contribution >= 0.6 is 0 Å². The van der Waals surface area contributed by atoms with Crippen LogP contribution < -0.4 is 5.32 Å². The Bertz CT molecular complexity index is 257. The Morgan fingerprint density at radius 2 is 1.61 bits per heavy atom. The van der Waals surface area contributed by atoms with Gasteiger partial charge in [-0.15, -0.1) is 0 Å². The number of likely N-dealkylation sites (N-methyl/N-ethyl adjacent to an activating group) is 1. The quantitative estimate of drug-likeness (QED) is 0.818. The van der Waals surface area contributed by atoms with Crippen molar-refractivity contribution in [3.63, 3.8) is 0 Å². The Balaban J connectivity index is 1.39. The second kappa shape index (κ2) is 5.48. The Hall–Kier alpha value is -0.120. The van der Waals surface area contributed by atoms with E-state index in [1.54, 1.807) is 0 Å². The molecule has 0 unspecified atom stereocenters. The van der Waals surface area contributed by atoms with Crippen molar-refractivity contribution < 1.29 is 0 Å². The molecular formula is C15H29N3. The van der Waals surface area contributed by atoms with E-state index in [2.05, 4.69) is 22.0 Å². The minimum absolute atomic E-state index is 0.734. The third-order valence-electron chi connectivity index (χ3n) is 5.59. The number of nitrogens with one attached hydrogen (secondary N) is 1. The van der Waals surface area contributed by atoms with Crippen LogP contribution in [-0.4, -0.2) is 62.2 Å². The van der Waals surface area contributed by atoms with Gasteiger partial charge < -0.3 is 15.1 Å². The van der Waals surface area contributed by atoms with Crippen LogP contribution in [0.3, 0.4) is 0 Å². The van der Waals surface area contributed by atoms with Crippen LogP contribution in [0, 0.1) is 11.3 Å². The van der Waals surface area contributed by atoms with E-state index in [0.29, 0.717) is 0 Å². The lowest BCUT2D eigenvalue weighted by Crippen LogP contribution is -2.55. The Morgan fingerprint density at radius 3 is 2.11 bits per heavy atom. The number of rotatable bonds is 3. The molecule has 3 rings (SSSR count). The van der Waals surface area contributed by atoms with Crippen LogP contribution in [0.25, 0.3) is 0 Å². The molecule has 0 aromatic heterocycles. The van der Waals surface area contributed by atoms with E-state index >= 15 is 0 Å². The summed E-state index contributed by atoms with van der Waals surface area (Å²) in [5.74, 6) is 0.990. The van der Waals surface area contributed by atoms with Crippen molar-refractivity contribution in [1.82, 2.24) is 15.1 Å². The first-order valence-corrected chi connectivity index (χ1v) is 7.95. The van der Waals surface area contributed by atoms with E-state index in [4.69, 9.17) is 0 Å². The molecule has 1 aliphatic carbocycles. The third-order valence-corrected chi connectivity index (χ3v) is 5.59. The Labute approximate surface area is 112 Å². The molecule has 104 valence electrons. The standard InChI is InChI=1S/C15H29N3/c1-2-17-7-9-18(10-8-17)11-14-3-5-15(6-4-14)12-16-13-15/h14,16H,2-13H2,1H3. The fraction of sp³-hybridized carbons (Fsp3) is 1.00. The second-order valence-corrected chi connectivity index (χ2v) is 6.78. The van der Waals surface area contributed by atoms with Gasteiger partial charge in [0.25, 0.3) is 0 Å². The third kappa shape index (κ3) is 2.73. The van der Waals surface area contributed by atoms with Gasteiger partial charge in [0.2, 0.25) is 0 Å². The molecule has 3 nitrogen and oxygen atoms in total. The fourth-order valence-electron chi connectivity index (χ4n) is 3.96. The summed E-state index contributed by atoms with van der Waals surface area (Å²) in [7, 11) is 0. The van der Waals surface area contributed by atoms with Gasteiger partial charge in [0.15, 0.2) is 0 Å². The fourth-order valence-corrected chi connectivity index (χ4v) is 3.96. The summed E-state index contributed by atoms with van der Waals surface area (Å²) in [4.78, 5) is 5.29. The molecule has 0 aromatic rings. The summed E-state index contributed by atoms with van der Waals surface area (Å²) in [6, 6.07) is 0. The molecule has 1 spiro atoms. The molecule has 1 saturated carbocycles. The smallest absolute Gasteiger partial charge is 0.0110 e. The molecule has 2 heterocycles. The predicted octanol–water partition coefficient (Wildman–Crippen LogP) is 1.40. The lowest BCUT2D eigenvalue weighted by atomic mass is 9.67. The topological polar surface area (TPSA) is 18.5 Å². The molecule has 18 heavy (non-hydrogen) atoms. The number of hydrogen-bond acceptors (Lipinski definition) is 3. The average Bonchev–Trinajstić information content (AvgIpc) is 2.39. The highest BCUT2D eigenvalue weighted by molar-refractivity contribution is 4.96. The van der Waals surface area contributed by atoms with Crippen molar-refractivity contribution >= 4 is 0 Å². The maximum atomic E-state index is 3.46. The van der Waals surface area contributed by atoms with Gasteiger partial charge in [0, 0.05) is 45.8 Å². The van der Waals surface area contributed by atoms with Crippen molar-refractivity contribution in [2.24, 2.45) is 11.3 Å². The van der Waals surface area contributed by atoms with Gasteiger partial charge in [-0.1, -0.05) is 6.92 Å². The zero-order chi connectivity index (χ0) is 12.4. The maximum Gasteiger partial charge on any atom is 0.0110 e. The van der Waals surface area contributed by atoms with Crippen molar-refractivity contribution in [3.8, 4) is 0 Å². The van der Waals surface area contributed by atoms with Gasteiger partial charge in [-0.3, -0.25) is 0 Å². The lowest BCUT2D eigenvalue weighted by molar-refractivity contribution is 0.0568. The highest BCUT2D eigenvalue weighted by Gasteiger charge is 2.40. The van der Waals surface area contributed by atoms with E-state index in [1.807, 2.05) is 0 Å². The van der Waals surface area contributed by atoms with E-state index in [-0.39, 0.29) is 0 Å². The molecule has 0 bridgehead atoms. The zero-order valence-electron chi connectivity index (χ0n) is 12.0. The molecule has 3 aliphatic rings. The second-order valence-electron chi connectivity index (χ2n) is 6.78. The molecule has 3 heteroatoms. The van der Waals surface area contributed by atoms with Crippen molar-refractivity contribution in [2.75, 3.05) is 52.4 Å². The molecule has 0 amide bonds. The molecule has 0 atom stereocenters. The zero-order valence-corrected chi connectivity index (χ0v) is 12.0. The first-order chi connectivity index (χ1) is 8.80. The minimum atomic E-state index is 0.734. The van der Waals surface area contributed by atoms with Gasteiger partial charge in [0.1, 0.15) is 0 Å². The summed E-state index contributed by atoms with van der Waals surface area (Å²) in [5.41, 5.74) is 0.734. The van der Waals surface area contributed by atoms with Crippen molar-refractivity contribution in [3.05, 3.63) is 0 Å². The first-order valence-electron chi connectivity index (χ1n) is 7.95. The van der Waals surface area contributed by atoms with Crippen LogP contribution in [0.15, 0.2) is 0 Å².